The molecule has 41 heavy (non-hydrogen) atoms. The zero-order valence-electron chi connectivity index (χ0n) is 21.9. The number of nitrogens with zero attached hydrogens (tertiary/aromatic N) is 1. The highest BCUT2D eigenvalue weighted by molar-refractivity contribution is 7.92. The van der Waals surface area contributed by atoms with Gasteiger partial charge in [-0.25, -0.2) is 12.8 Å². The number of halogens is 3. The molecule has 0 aromatic heterocycles. The first kappa shape index (κ1) is 28.9. The first-order valence-corrected chi connectivity index (χ1v) is 15.3. The standard InChI is InChI=1S/C31H27Cl2FN2O4S/c32-22-12-17-29(35-41(38,39)26-15-13-25(14-16-26)40-30-11-4-3-10-28(30)33)27(19-22)31(37)36(24-8-1-2-9-24)20-21-6-5-7-23(34)18-21/h3-7,10-19,24,35H,1-2,8-9,20H2. The fourth-order valence-electron chi connectivity index (χ4n) is 4.90. The Hall–Kier alpha value is -3.59. The lowest BCUT2D eigenvalue weighted by molar-refractivity contribution is 0.0665. The van der Waals surface area contributed by atoms with Gasteiger partial charge in [0.05, 0.1) is 21.2 Å². The topological polar surface area (TPSA) is 75.7 Å². The molecule has 0 aliphatic heterocycles. The lowest BCUT2D eigenvalue weighted by Crippen LogP contribution is -2.38. The normalized spacial score (nSPS) is 13.6. The van der Waals surface area contributed by atoms with Crippen LogP contribution in [0, 0.1) is 5.82 Å². The molecule has 6 nitrogen and oxygen atoms in total. The van der Waals surface area contributed by atoms with Gasteiger partial charge in [-0.1, -0.05) is 60.3 Å². The molecule has 1 N–H and O–H groups in total. The van der Waals surface area contributed by atoms with Gasteiger partial charge in [0.2, 0.25) is 0 Å². The molecule has 0 unspecified atom stereocenters. The Bertz CT molecular complexity index is 1660. The maximum Gasteiger partial charge on any atom is 0.261 e. The van der Waals surface area contributed by atoms with Crippen LogP contribution in [-0.4, -0.2) is 25.3 Å². The fourth-order valence-corrected chi connectivity index (χ4v) is 6.32. The minimum Gasteiger partial charge on any atom is -0.456 e. The van der Waals surface area contributed by atoms with Gasteiger partial charge in [0.25, 0.3) is 15.9 Å². The van der Waals surface area contributed by atoms with E-state index < -0.39 is 10.0 Å². The minimum absolute atomic E-state index is 0.0234. The number of hydrogen-bond acceptors (Lipinski definition) is 4. The summed E-state index contributed by atoms with van der Waals surface area (Å²) in [5.41, 5.74) is 0.856. The van der Waals surface area contributed by atoms with Gasteiger partial charge in [0.15, 0.2) is 0 Å². The van der Waals surface area contributed by atoms with Gasteiger partial charge in [-0.05, 0) is 85.1 Å². The van der Waals surface area contributed by atoms with E-state index in [1.54, 1.807) is 41.3 Å². The molecule has 4 aromatic rings. The van der Waals surface area contributed by atoms with Crippen molar-refractivity contribution < 1.29 is 22.3 Å². The highest BCUT2D eigenvalue weighted by Gasteiger charge is 2.30. The van der Waals surface area contributed by atoms with E-state index >= 15 is 0 Å². The molecule has 0 atom stereocenters. The Morgan fingerprint density at radius 3 is 2.37 bits per heavy atom. The average molecular weight is 614 g/mol. The molecule has 1 amide bonds. The molecule has 10 heteroatoms. The van der Waals surface area contributed by atoms with Crippen LogP contribution in [0.1, 0.15) is 41.6 Å². The SMILES string of the molecule is O=C(c1cc(Cl)ccc1NS(=O)(=O)c1ccc(Oc2ccccc2Cl)cc1)N(Cc1cccc(F)c1)C1CCCC1. The molecule has 0 saturated heterocycles. The van der Waals surface area contributed by atoms with E-state index in [-0.39, 0.29) is 45.5 Å². The van der Waals surface area contributed by atoms with Gasteiger partial charge in [0, 0.05) is 17.6 Å². The zero-order valence-corrected chi connectivity index (χ0v) is 24.2. The van der Waals surface area contributed by atoms with Crippen molar-refractivity contribution in [3.63, 3.8) is 0 Å². The lowest BCUT2D eigenvalue weighted by Gasteiger charge is -2.30. The van der Waals surface area contributed by atoms with Crippen LogP contribution in [0.5, 0.6) is 11.5 Å². The second-order valence-corrected chi connectivity index (χ2v) is 12.3. The molecule has 1 aliphatic carbocycles. The van der Waals surface area contributed by atoms with Crippen molar-refractivity contribution in [3.05, 3.63) is 118 Å². The first-order chi connectivity index (χ1) is 19.7. The van der Waals surface area contributed by atoms with Crippen molar-refractivity contribution in [3.8, 4) is 11.5 Å². The minimum atomic E-state index is -4.08. The van der Waals surface area contributed by atoms with E-state index in [0.29, 0.717) is 22.1 Å². The van der Waals surface area contributed by atoms with Crippen molar-refractivity contribution in [1.29, 1.82) is 0 Å². The van der Waals surface area contributed by atoms with Crippen LogP contribution < -0.4 is 9.46 Å². The van der Waals surface area contributed by atoms with E-state index in [1.165, 1.54) is 54.6 Å². The number of benzene rings is 4. The number of sulfonamides is 1. The molecule has 212 valence electrons. The largest absolute Gasteiger partial charge is 0.456 e. The maximum absolute atomic E-state index is 14.0. The van der Waals surface area contributed by atoms with Crippen LogP contribution in [0.4, 0.5) is 10.1 Å². The van der Waals surface area contributed by atoms with Gasteiger partial charge >= 0.3 is 0 Å². The summed E-state index contributed by atoms with van der Waals surface area (Å²) in [7, 11) is -4.08. The van der Waals surface area contributed by atoms with Crippen LogP contribution in [-0.2, 0) is 16.6 Å². The summed E-state index contributed by atoms with van der Waals surface area (Å²) in [6, 6.07) is 23.3. The summed E-state index contributed by atoms with van der Waals surface area (Å²) >= 11 is 12.4. The Labute approximate surface area is 248 Å². The van der Waals surface area contributed by atoms with Crippen LogP contribution in [0.15, 0.2) is 95.9 Å². The number of anilines is 1. The molecule has 5 rings (SSSR count). The predicted octanol–water partition coefficient (Wildman–Crippen LogP) is 8.31. The fraction of sp³-hybridized carbons (Fsp3) is 0.194. The van der Waals surface area contributed by atoms with E-state index in [9.17, 15) is 17.6 Å². The lowest BCUT2D eigenvalue weighted by atomic mass is 10.1. The quantitative estimate of drug-likeness (QED) is 0.206. The number of carbonyl (C=O) groups is 1. The van der Waals surface area contributed by atoms with Crippen LogP contribution in [0.3, 0.4) is 0 Å². The third-order valence-corrected chi connectivity index (χ3v) is 8.85. The Morgan fingerprint density at radius 2 is 1.66 bits per heavy atom. The highest BCUT2D eigenvalue weighted by Crippen LogP contribution is 2.32. The van der Waals surface area contributed by atoms with E-state index in [1.807, 2.05) is 0 Å². The molecular formula is C31H27Cl2FN2O4S. The van der Waals surface area contributed by atoms with Crippen molar-refractivity contribution in [2.24, 2.45) is 0 Å². The van der Waals surface area contributed by atoms with Gasteiger partial charge in [0.1, 0.15) is 17.3 Å². The summed E-state index contributed by atoms with van der Waals surface area (Å²) in [4.78, 5) is 15.6. The smallest absolute Gasteiger partial charge is 0.261 e. The van der Waals surface area contributed by atoms with Gasteiger partial charge < -0.3 is 9.64 Å². The monoisotopic (exact) mass is 612 g/mol. The second kappa shape index (κ2) is 12.5. The summed E-state index contributed by atoms with van der Waals surface area (Å²) in [5.74, 6) is 0.0758. The molecule has 0 spiro atoms. The van der Waals surface area contributed by atoms with Gasteiger partial charge in [-0.2, -0.15) is 0 Å². The second-order valence-electron chi connectivity index (χ2n) is 9.80. The Balaban J connectivity index is 1.40. The van der Waals surface area contributed by atoms with E-state index in [2.05, 4.69) is 4.72 Å². The molecule has 1 aliphatic rings. The first-order valence-electron chi connectivity index (χ1n) is 13.1. The molecule has 1 fully saturated rings. The molecule has 0 bridgehead atoms. The number of amides is 1. The molecule has 0 radical (unpaired) electrons. The van der Waals surface area contributed by atoms with E-state index in [0.717, 1.165) is 25.7 Å². The molecule has 4 aromatic carbocycles. The summed E-state index contributed by atoms with van der Waals surface area (Å²) in [6.45, 7) is 0.187. The number of nitrogens with one attached hydrogen (secondary N) is 1. The number of carbonyl (C=O) groups excluding carboxylic acids is 1. The van der Waals surface area contributed by atoms with Crippen molar-refractivity contribution in [1.82, 2.24) is 4.90 Å². The van der Waals surface area contributed by atoms with Crippen LogP contribution in [0.2, 0.25) is 10.0 Å². The van der Waals surface area contributed by atoms with Gasteiger partial charge in [-0.15, -0.1) is 0 Å². The van der Waals surface area contributed by atoms with Crippen molar-refractivity contribution in [2.45, 2.75) is 43.2 Å². The molecule has 1 saturated carbocycles. The van der Waals surface area contributed by atoms with Gasteiger partial charge in [-0.3, -0.25) is 9.52 Å². The predicted molar refractivity (Wildman–Crippen MR) is 159 cm³/mol. The maximum atomic E-state index is 14.0. The Kier molecular flexibility index (Phi) is 8.82. The summed E-state index contributed by atoms with van der Waals surface area (Å²) < 4.78 is 49.0. The number of rotatable bonds is 9. The number of ether oxygens (including phenoxy) is 1. The third-order valence-electron chi connectivity index (χ3n) is 6.92. The van der Waals surface area contributed by atoms with Crippen molar-refractivity contribution >= 4 is 44.8 Å². The third kappa shape index (κ3) is 7.01. The van der Waals surface area contributed by atoms with E-state index in [4.69, 9.17) is 27.9 Å². The number of hydrogen-bond donors (Lipinski definition) is 1. The highest BCUT2D eigenvalue weighted by atomic mass is 35.5. The Morgan fingerprint density at radius 1 is 0.927 bits per heavy atom. The number of para-hydroxylation sites is 1. The summed E-state index contributed by atoms with van der Waals surface area (Å²) in [5, 5.41) is 0.712. The van der Waals surface area contributed by atoms with Crippen LogP contribution >= 0.6 is 23.2 Å². The summed E-state index contributed by atoms with van der Waals surface area (Å²) in [6.07, 6.45) is 3.57. The van der Waals surface area contributed by atoms with Crippen molar-refractivity contribution in [2.75, 3.05) is 4.72 Å². The molecule has 0 heterocycles. The average Bonchev–Trinajstić information content (AvgIpc) is 3.49. The molecular weight excluding hydrogens is 586 g/mol. The zero-order chi connectivity index (χ0) is 29.0. The van der Waals surface area contributed by atoms with Crippen LogP contribution in [0.25, 0.3) is 0 Å².